The molecule has 2 aromatic rings. The molecule has 3 atom stereocenters. The van der Waals surface area contributed by atoms with Crippen molar-refractivity contribution in [1.82, 2.24) is 0 Å². The van der Waals surface area contributed by atoms with Gasteiger partial charge >= 0.3 is 0 Å². The first-order chi connectivity index (χ1) is 11.8. The van der Waals surface area contributed by atoms with Crippen molar-refractivity contribution in [3.8, 4) is 0 Å². The van der Waals surface area contributed by atoms with Crippen LogP contribution in [-0.2, 0) is 4.74 Å². The highest BCUT2D eigenvalue weighted by Gasteiger charge is 2.47. The minimum Gasteiger partial charge on any atom is -0.481 e. The zero-order valence-corrected chi connectivity index (χ0v) is 14.1. The Labute approximate surface area is 143 Å². The van der Waals surface area contributed by atoms with Crippen LogP contribution in [0.25, 0.3) is 0 Å². The van der Waals surface area contributed by atoms with Crippen molar-refractivity contribution in [3.63, 3.8) is 0 Å². The molecule has 0 fully saturated rings. The number of ether oxygens (including phenoxy) is 1. The Hall–Kier alpha value is -2.49. The van der Waals surface area contributed by atoms with Crippen molar-refractivity contribution in [1.29, 1.82) is 0 Å². The van der Waals surface area contributed by atoms with Crippen LogP contribution in [0.2, 0.25) is 0 Å². The molecule has 2 aliphatic heterocycles. The van der Waals surface area contributed by atoms with Gasteiger partial charge in [-0.05, 0) is 31.5 Å². The predicted molar refractivity (Wildman–Crippen MR) is 98.9 cm³/mol. The lowest BCUT2D eigenvalue weighted by Crippen LogP contribution is -2.51. The van der Waals surface area contributed by atoms with Crippen LogP contribution in [0, 0.1) is 0 Å². The van der Waals surface area contributed by atoms with E-state index in [2.05, 4.69) is 71.7 Å². The van der Waals surface area contributed by atoms with Gasteiger partial charge < -0.3 is 15.0 Å². The highest BCUT2D eigenvalue weighted by Crippen LogP contribution is 2.43. The normalized spacial score (nSPS) is 24.7. The maximum absolute atomic E-state index is 5.94. The second-order valence-corrected chi connectivity index (χ2v) is 6.17. The number of nitrogens with zero attached hydrogens (tertiary/aromatic N) is 2. The van der Waals surface area contributed by atoms with E-state index in [-0.39, 0.29) is 18.1 Å². The number of benzene rings is 2. The van der Waals surface area contributed by atoms with Crippen LogP contribution in [0.1, 0.15) is 25.3 Å². The maximum Gasteiger partial charge on any atom is 0.195 e. The van der Waals surface area contributed by atoms with Gasteiger partial charge in [0.15, 0.2) is 5.90 Å². The fraction of sp³-hybridized carbons (Fsp3) is 0.350. The third-order valence-electron chi connectivity index (χ3n) is 4.87. The fourth-order valence-corrected chi connectivity index (χ4v) is 3.91. The van der Waals surface area contributed by atoms with E-state index in [1.54, 1.807) is 0 Å². The van der Waals surface area contributed by atoms with Crippen molar-refractivity contribution in [2.24, 2.45) is 4.99 Å². The molecule has 0 bridgehead atoms. The van der Waals surface area contributed by atoms with E-state index in [4.69, 9.17) is 9.73 Å². The van der Waals surface area contributed by atoms with Crippen molar-refractivity contribution in [2.45, 2.75) is 32.0 Å². The molecule has 0 saturated carbocycles. The van der Waals surface area contributed by atoms with Crippen LogP contribution in [-0.4, -0.2) is 31.3 Å². The van der Waals surface area contributed by atoms with Gasteiger partial charge in [-0.3, -0.25) is 0 Å². The smallest absolute Gasteiger partial charge is 0.195 e. The lowest BCUT2D eigenvalue weighted by molar-refractivity contribution is 0.313. The summed E-state index contributed by atoms with van der Waals surface area (Å²) in [6.07, 6.45) is 0.0200. The second-order valence-electron chi connectivity index (χ2n) is 6.17. The topological polar surface area (TPSA) is 36.9 Å². The van der Waals surface area contributed by atoms with Gasteiger partial charge in [-0.2, -0.15) is 0 Å². The summed E-state index contributed by atoms with van der Waals surface area (Å²) >= 11 is 0. The lowest BCUT2D eigenvalue weighted by Gasteiger charge is -2.42. The quantitative estimate of drug-likeness (QED) is 0.932. The average Bonchev–Trinajstić information content (AvgIpc) is 2.98. The van der Waals surface area contributed by atoms with Crippen LogP contribution < -0.4 is 10.2 Å². The Morgan fingerprint density at radius 1 is 1.04 bits per heavy atom. The third kappa shape index (κ3) is 2.33. The van der Waals surface area contributed by atoms with E-state index in [1.165, 1.54) is 11.3 Å². The first kappa shape index (κ1) is 15.1. The number of anilines is 2. The van der Waals surface area contributed by atoms with Gasteiger partial charge in [0.25, 0.3) is 0 Å². The molecule has 0 amide bonds. The first-order valence-electron chi connectivity index (χ1n) is 8.71. The van der Waals surface area contributed by atoms with E-state index < -0.39 is 0 Å². The summed E-state index contributed by atoms with van der Waals surface area (Å²) < 4.78 is 5.94. The molecule has 2 aliphatic rings. The molecule has 0 radical (unpaired) electrons. The Morgan fingerprint density at radius 3 is 2.54 bits per heavy atom. The van der Waals surface area contributed by atoms with Crippen molar-refractivity contribution in [2.75, 3.05) is 23.4 Å². The van der Waals surface area contributed by atoms with Gasteiger partial charge in [0.2, 0.25) is 0 Å². The van der Waals surface area contributed by atoms with Gasteiger partial charge in [-0.15, -0.1) is 0 Å². The molecule has 124 valence electrons. The summed E-state index contributed by atoms with van der Waals surface area (Å²) in [4.78, 5) is 7.36. The molecule has 4 rings (SSSR count). The molecular weight excluding hydrogens is 298 g/mol. The van der Waals surface area contributed by atoms with E-state index in [1.807, 2.05) is 6.92 Å². The van der Waals surface area contributed by atoms with E-state index in [0.717, 1.165) is 18.1 Å². The predicted octanol–water partition coefficient (Wildman–Crippen LogP) is 3.87. The molecular formula is C20H23N3O. The highest BCUT2D eigenvalue weighted by molar-refractivity contribution is 5.90. The van der Waals surface area contributed by atoms with Gasteiger partial charge in [-0.25, -0.2) is 4.99 Å². The van der Waals surface area contributed by atoms with Crippen LogP contribution in [0.15, 0.2) is 59.6 Å². The number of likely N-dealkylation sites (N-methyl/N-ethyl adjacent to an activating group) is 1. The largest absolute Gasteiger partial charge is 0.481 e. The molecule has 0 aliphatic carbocycles. The summed E-state index contributed by atoms with van der Waals surface area (Å²) in [5, 5.41) is 3.60. The Morgan fingerprint density at radius 2 is 1.79 bits per heavy atom. The number of rotatable bonds is 3. The number of para-hydroxylation sites is 2. The van der Waals surface area contributed by atoms with Crippen molar-refractivity contribution < 1.29 is 4.74 Å². The van der Waals surface area contributed by atoms with Crippen LogP contribution >= 0.6 is 0 Å². The van der Waals surface area contributed by atoms with Crippen LogP contribution in [0.5, 0.6) is 0 Å². The zero-order chi connectivity index (χ0) is 16.5. The van der Waals surface area contributed by atoms with Crippen LogP contribution in [0.4, 0.5) is 11.4 Å². The Kier molecular flexibility index (Phi) is 3.89. The van der Waals surface area contributed by atoms with Gasteiger partial charge in [-0.1, -0.05) is 42.5 Å². The first-order valence-corrected chi connectivity index (χ1v) is 8.71. The number of hydrogen-bond donors (Lipinski definition) is 1. The monoisotopic (exact) mass is 321 g/mol. The summed E-state index contributed by atoms with van der Waals surface area (Å²) in [5.74, 6) is 0.995. The van der Waals surface area contributed by atoms with E-state index in [0.29, 0.717) is 6.61 Å². The molecule has 0 saturated heterocycles. The molecule has 4 heteroatoms. The minimum absolute atomic E-state index is 0.0200. The summed E-state index contributed by atoms with van der Waals surface area (Å²) in [6.45, 7) is 5.81. The lowest BCUT2D eigenvalue weighted by atomic mass is 9.89. The molecule has 4 nitrogen and oxygen atoms in total. The number of nitrogens with one attached hydrogen (secondary N) is 1. The molecule has 1 N–H and O–H groups in total. The van der Waals surface area contributed by atoms with Gasteiger partial charge in [0.1, 0.15) is 6.17 Å². The van der Waals surface area contributed by atoms with E-state index in [9.17, 15) is 0 Å². The van der Waals surface area contributed by atoms with E-state index >= 15 is 0 Å². The van der Waals surface area contributed by atoms with Crippen molar-refractivity contribution >= 4 is 17.3 Å². The Bertz CT molecular complexity index is 744. The number of aliphatic imine (C=N–C) groups is 1. The number of hydrogen-bond acceptors (Lipinski definition) is 4. The van der Waals surface area contributed by atoms with Crippen LogP contribution in [0.3, 0.4) is 0 Å². The summed E-state index contributed by atoms with van der Waals surface area (Å²) in [6, 6.07) is 19.3. The minimum atomic E-state index is 0.0200. The molecule has 2 aromatic carbocycles. The molecule has 24 heavy (non-hydrogen) atoms. The zero-order valence-electron chi connectivity index (χ0n) is 14.1. The standard InChI is InChI=1S/C20H23N3O/c1-3-23-16-13-9-8-12-15(16)21-19-18(23)17(20(22-19)24-4-2)14-10-6-5-7-11-14/h5-13,17-19,21H,3-4H2,1-2H3/t17-,18+,19+/m1/s1. The SMILES string of the molecule is CCOC1=N[C@@H]2Nc3ccccc3N(CC)[C@H]2[C@H]1c1ccccc1. The van der Waals surface area contributed by atoms with Gasteiger partial charge in [0.05, 0.1) is 29.9 Å². The summed E-state index contributed by atoms with van der Waals surface area (Å²) in [5.41, 5.74) is 3.65. The van der Waals surface area contributed by atoms with Crippen molar-refractivity contribution in [3.05, 3.63) is 60.2 Å². The maximum atomic E-state index is 5.94. The Balaban J connectivity index is 1.80. The molecule has 0 unspecified atom stereocenters. The fourth-order valence-electron chi connectivity index (χ4n) is 3.91. The number of fused-ring (bicyclic) bond motifs is 2. The second kappa shape index (κ2) is 6.19. The third-order valence-corrected chi connectivity index (χ3v) is 4.87. The average molecular weight is 321 g/mol. The summed E-state index contributed by atoms with van der Waals surface area (Å²) in [7, 11) is 0. The molecule has 0 aromatic heterocycles. The highest BCUT2D eigenvalue weighted by atomic mass is 16.5. The van der Waals surface area contributed by atoms with Gasteiger partial charge in [0, 0.05) is 6.54 Å². The molecule has 0 spiro atoms. The molecule has 2 heterocycles.